The van der Waals surface area contributed by atoms with Crippen molar-refractivity contribution in [3.8, 4) is 0 Å². The molecule has 8 rings (SSSR count). The van der Waals surface area contributed by atoms with Gasteiger partial charge in [-0.05, 0) is 65.9 Å². The number of carbonyl (C=O) groups is 5. The Morgan fingerprint density at radius 3 is 1.57 bits per heavy atom. The maximum atomic E-state index is 13.9. The van der Waals surface area contributed by atoms with Crippen LogP contribution < -0.4 is 21.3 Å². The summed E-state index contributed by atoms with van der Waals surface area (Å²) in [5.41, 5.74) is 3.76. The number of methoxy groups -OCH3 is 1. The molecule has 0 radical (unpaired) electrons. The third-order valence-corrected chi connectivity index (χ3v) is 11.9. The Bertz CT molecular complexity index is 2060. The first-order chi connectivity index (χ1) is 28.1. The number of carbonyl (C=O) groups excluding carboxylic acids is 5. The van der Waals surface area contributed by atoms with Gasteiger partial charge in [-0.25, -0.2) is 9.18 Å². The Balaban J connectivity index is 0.890. The molecule has 0 bridgehead atoms. The van der Waals surface area contributed by atoms with E-state index < -0.39 is 30.0 Å². The molecule has 4 N–H and O–H groups in total. The Morgan fingerprint density at radius 1 is 0.603 bits per heavy atom. The zero-order valence-corrected chi connectivity index (χ0v) is 32.2. The van der Waals surface area contributed by atoms with Gasteiger partial charge in [0, 0.05) is 74.9 Å². The largest absolute Gasteiger partial charge is 0.377 e. The molecule has 2 saturated carbocycles. The second-order valence-corrected chi connectivity index (χ2v) is 15.8. The van der Waals surface area contributed by atoms with Crippen LogP contribution in [0.5, 0.6) is 0 Å². The molecule has 300 valence electrons. The van der Waals surface area contributed by atoms with Crippen LogP contribution in [-0.2, 0) is 20.9 Å². The van der Waals surface area contributed by atoms with Crippen molar-refractivity contribution in [2.45, 2.75) is 55.5 Å². The van der Waals surface area contributed by atoms with Crippen LogP contribution in [0.4, 0.5) is 9.18 Å². The normalized spacial score (nSPS) is 25.8. The quantitative estimate of drug-likeness (QED) is 0.169. The molecule has 0 aromatic heterocycles. The molecule has 4 aromatic rings. The highest BCUT2D eigenvalue weighted by atomic mass is 19.1. The maximum Gasteiger partial charge on any atom is 0.315 e. The Labute approximate surface area is 336 Å². The number of nitrogens with one attached hydrogen (secondary N) is 4. The first-order valence-electron chi connectivity index (χ1n) is 19.9. The lowest BCUT2D eigenvalue weighted by Crippen LogP contribution is -2.47. The highest BCUT2D eigenvalue weighted by molar-refractivity contribution is 5.99. The second kappa shape index (κ2) is 16.8. The molecular weight excluding hydrogens is 740 g/mol. The summed E-state index contributed by atoms with van der Waals surface area (Å²) in [7, 11) is 1.52. The predicted octanol–water partition coefficient (Wildman–Crippen LogP) is 4.20. The summed E-state index contributed by atoms with van der Waals surface area (Å²) in [4.78, 5) is 71.0. The van der Waals surface area contributed by atoms with Gasteiger partial charge in [0.2, 0.25) is 11.8 Å². The SMILES string of the molecule is CO[C@H]1CN(C(=O)c2ccc(C(=O)N3C[C@@H](C(=O)N[C@H]4C[C@@H]4c4ccccc4)[C@H](C(=O)N[C@H]4C[C@@H]4c4ccccc4)C3)cc2)C[C@@H]1NC(=O)NCc1ccc(F)cc1. The van der Waals surface area contributed by atoms with E-state index in [2.05, 4.69) is 45.5 Å². The molecule has 2 saturated heterocycles. The van der Waals surface area contributed by atoms with E-state index in [0.717, 1.165) is 29.5 Å². The number of halogens is 1. The zero-order chi connectivity index (χ0) is 40.3. The van der Waals surface area contributed by atoms with Crippen molar-refractivity contribution >= 4 is 29.7 Å². The van der Waals surface area contributed by atoms with Gasteiger partial charge >= 0.3 is 6.03 Å². The lowest BCUT2D eigenvalue weighted by atomic mass is 9.94. The molecule has 0 spiro atoms. The topological polar surface area (TPSA) is 149 Å². The molecular formula is C45H47FN6O6. The number of benzene rings is 4. The number of nitrogens with zero attached hydrogens (tertiary/aromatic N) is 2. The standard InChI is InChI=1S/C45H47FN6O6/c1-58-40-26-52(25-39(40)50-45(57)47-22-27-12-18-32(46)19-13-27)44(56)31-16-14-30(15-17-31)43(55)51-23-35(41(53)48-37-20-33(37)28-8-4-2-5-9-28)36(24-51)42(54)49-38-21-34(38)29-10-6-3-7-11-29/h2-19,33-40H,20-26H2,1H3,(H,48,53)(H,49,54)(H2,47,50,57)/t33-,34-,35-,36-,37+,38+,39+,40+/m1/s1. The van der Waals surface area contributed by atoms with Gasteiger partial charge in [0.15, 0.2) is 0 Å². The average Bonchev–Trinajstić information content (AvgIpc) is 4.10. The number of ether oxygens (including phenoxy) is 1. The van der Waals surface area contributed by atoms with Crippen LogP contribution in [0.2, 0.25) is 0 Å². The zero-order valence-electron chi connectivity index (χ0n) is 32.2. The Kier molecular flexibility index (Phi) is 11.2. The molecule has 4 fully saturated rings. The van der Waals surface area contributed by atoms with Gasteiger partial charge in [-0.15, -0.1) is 0 Å². The highest BCUT2D eigenvalue weighted by Gasteiger charge is 2.49. The smallest absolute Gasteiger partial charge is 0.315 e. The van der Waals surface area contributed by atoms with Gasteiger partial charge in [0.25, 0.3) is 11.8 Å². The lowest BCUT2D eigenvalue weighted by molar-refractivity contribution is -0.133. The summed E-state index contributed by atoms with van der Waals surface area (Å²) in [6.07, 6.45) is 1.20. The van der Waals surface area contributed by atoms with Crippen molar-refractivity contribution in [2.24, 2.45) is 11.8 Å². The van der Waals surface area contributed by atoms with Crippen molar-refractivity contribution in [2.75, 3.05) is 33.3 Å². The summed E-state index contributed by atoms with van der Waals surface area (Å²) in [5.74, 6) is -2.42. The van der Waals surface area contributed by atoms with E-state index in [1.807, 2.05) is 36.4 Å². The minimum absolute atomic E-state index is 0.0230. The fourth-order valence-electron chi connectivity index (χ4n) is 8.37. The van der Waals surface area contributed by atoms with E-state index in [4.69, 9.17) is 4.74 Å². The van der Waals surface area contributed by atoms with Crippen molar-refractivity contribution in [3.63, 3.8) is 0 Å². The van der Waals surface area contributed by atoms with E-state index >= 15 is 0 Å². The Hall–Kier alpha value is -6.08. The maximum absolute atomic E-state index is 13.9. The second-order valence-electron chi connectivity index (χ2n) is 15.8. The summed E-state index contributed by atoms with van der Waals surface area (Å²) < 4.78 is 18.8. The molecule has 0 unspecified atom stereocenters. The van der Waals surface area contributed by atoms with Crippen LogP contribution in [0.1, 0.15) is 62.1 Å². The summed E-state index contributed by atoms with van der Waals surface area (Å²) in [5, 5.41) is 12.0. The first-order valence-corrected chi connectivity index (χ1v) is 19.9. The number of amides is 6. The molecule has 6 amide bonds. The van der Waals surface area contributed by atoms with Crippen molar-refractivity contribution < 1.29 is 33.1 Å². The predicted molar refractivity (Wildman–Crippen MR) is 213 cm³/mol. The number of rotatable bonds is 12. The fourth-order valence-corrected chi connectivity index (χ4v) is 8.37. The summed E-state index contributed by atoms with van der Waals surface area (Å²) in [6, 6.07) is 31.3. The number of urea groups is 1. The van der Waals surface area contributed by atoms with E-state index in [9.17, 15) is 28.4 Å². The molecule has 58 heavy (non-hydrogen) atoms. The van der Waals surface area contributed by atoms with Gasteiger partial charge in [-0.2, -0.15) is 0 Å². The molecule has 2 aliphatic heterocycles. The van der Waals surface area contributed by atoms with E-state index in [1.54, 1.807) is 46.2 Å². The van der Waals surface area contributed by atoms with E-state index in [0.29, 0.717) is 11.1 Å². The van der Waals surface area contributed by atoms with Gasteiger partial charge in [-0.3, -0.25) is 19.2 Å². The molecule has 13 heteroatoms. The number of likely N-dealkylation sites (tertiary alicyclic amines) is 2. The molecule has 8 atom stereocenters. The van der Waals surface area contributed by atoms with Crippen molar-refractivity contribution in [3.05, 3.63) is 143 Å². The minimum atomic E-state index is -0.716. The molecule has 2 aliphatic carbocycles. The van der Waals surface area contributed by atoms with Crippen LogP contribution in [0, 0.1) is 17.7 Å². The van der Waals surface area contributed by atoms with Gasteiger partial charge in [0.05, 0.1) is 24.0 Å². The lowest BCUT2D eigenvalue weighted by Gasteiger charge is -2.19. The fraction of sp³-hybridized carbons (Fsp3) is 0.356. The third kappa shape index (κ3) is 8.74. The minimum Gasteiger partial charge on any atom is -0.377 e. The molecule has 12 nitrogen and oxygen atoms in total. The van der Waals surface area contributed by atoms with Crippen LogP contribution in [0.15, 0.2) is 109 Å². The van der Waals surface area contributed by atoms with Crippen molar-refractivity contribution in [1.82, 2.24) is 31.1 Å². The van der Waals surface area contributed by atoms with Crippen LogP contribution in [0.3, 0.4) is 0 Å². The summed E-state index contributed by atoms with van der Waals surface area (Å²) >= 11 is 0. The van der Waals surface area contributed by atoms with Crippen molar-refractivity contribution in [1.29, 1.82) is 0 Å². The summed E-state index contributed by atoms with van der Waals surface area (Å²) in [6.45, 7) is 0.852. The third-order valence-electron chi connectivity index (χ3n) is 11.9. The first kappa shape index (κ1) is 38.8. The molecule has 4 aliphatic rings. The van der Waals surface area contributed by atoms with Gasteiger partial charge in [-0.1, -0.05) is 72.8 Å². The van der Waals surface area contributed by atoms with Gasteiger partial charge in [0.1, 0.15) is 5.82 Å². The monoisotopic (exact) mass is 786 g/mol. The molecule has 4 aromatic carbocycles. The highest BCUT2D eigenvalue weighted by Crippen LogP contribution is 2.42. The van der Waals surface area contributed by atoms with Gasteiger partial charge < -0.3 is 35.8 Å². The van der Waals surface area contributed by atoms with E-state index in [1.165, 1.54) is 19.2 Å². The molecule has 2 heterocycles. The number of hydrogen-bond acceptors (Lipinski definition) is 6. The average molecular weight is 787 g/mol. The number of hydrogen-bond donors (Lipinski definition) is 4. The van der Waals surface area contributed by atoms with Crippen LogP contribution >= 0.6 is 0 Å². The van der Waals surface area contributed by atoms with Crippen LogP contribution in [0.25, 0.3) is 0 Å². The van der Waals surface area contributed by atoms with E-state index in [-0.39, 0.29) is 86.1 Å². The van der Waals surface area contributed by atoms with Crippen LogP contribution in [-0.4, -0.2) is 97.0 Å². The Morgan fingerprint density at radius 2 is 1.09 bits per heavy atom.